The number of hydrogen-bond donors (Lipinski definition) is 1. The molecule has 1 fully saturated rings. The van der Waals surface area contributed by atoms with Crippen molar-refractivity contribution >= 4 is 0 Å². The zero-order valence-electron chi connectivity index (χ0n) is 10.2. The van der Waals surface area contributed by atoms with E-state index in [1.165, 1.54) is 32.1 Å². The Balaban J connectivity index is 2.39. The number of hydrogen-bond acceptors (Lipinski definition) is 1. The molecule has 0 spiro atoms. The quantitative estimate of drug-likeness (QED) is 0.734. The van der Waals surface area contributed by atoms with E-state index in [1.807, 2.05) is 13.8 Å². The summed E-state index contributed by atoms with van der Waals surface area (Å²) >= 11 is 0. The summed E-state index contributed by atoms with van der Waals surface area (Å²) in [4.78, 5) is 0. The molecule has 14 heavy (non-hydrogen) atoms. The minimum atomic E-state index is -0.458. The summed E-state index contributed by atoms with van der Waals surface area (Å²) in [5.41, 5.74) is -0.458. The highest BCUT2D eigenvalue weighted by Crippen LogP contribution is 2.38. The maximum Gasteiger partial charge on any atom is 0.0619 e. The van der Waals surface area contributed by atoms with Gasteiger partial charge in [-0.05, 0) is 57.3 Å². The van der Waals surface area contributed by atoms with Gasteiger partial charge >= 0.3 is 0 Å². The smallest absolute Gasteiger partial charge is 0.0619 e. The zero-order chi connectivity index (χ0) is 10.8. The monoisotopic (exact) mass is 198 g/mol. The molecular formula is C13H26O. The average molecular weight is 198 g/mol. The van der Waals surface area contributed by atoms with Gasteiger partial charge in [-0.2, -0.15) is 0 Å². The predicted molar refractivity (Wildman–Crippen MR) is 61.2 cm³/mol. The first-order chi connectivity index (χ1) is 6.45. The molecule has 0 aromatic carbocycles. The third-order valence-corrected chi connectivity index (χ3v) is 4.22. The number of rotatable bonds is 3. The van der Waals surface area contributed by atoms with Crippen molar-refractivity contribution in [3.8, 4) is 0 Å². The lowest BCUT2D eigenvalue weighted by atomic mass is 9.71. The van der Waals surface area contributed by atoms with Gasteiger partial charge in [0.2, 0.25) is 0 Å². The molecule has 0 aromatic rings. The summed E-state index contributed by atoms with van der Waals surface area (Å²) in [6.45, 7) is 8.57. The van der Waals surface area contributed by atoms with Gasteiger partial charge in [-0.25, -0.2) is 0 Å². The highest BCUT2D eigenvalue weighted by atomic mass is 16.3. The minimum absolute atomic E-state index is 0.458. The Labute approximate surface area is 88.9 Å². The molecule has 0 bridgehead atoms. The van der Waals surface area contributed by atoms with Crippen molar-refractivity contribution in [2.24, 2.45) is 17.8 Å². The van der Waals surface area contributed by atoms with Gasteiger partial charge < -0.3 is 5.11 Å². The summed E-state index contributed by atoms with van der Waals surface area (Å²) < 4.78 is 0. The van der Waals surface area contributed by atoms with Crippen LogP contribution in [0, 0.1) is 17.8 Å². The van der Waals surface area contributed by atoms with Crippen LogP contribution in [0.4, 0.5) is 0 Å². The molecule has 1 N–H and O–H groups in total. The van der Waals surface area contributed by atoms with Crippen molar-refractivity contribution in [2.45, 2.75) is 65.4 Å². The molecule has 1 rings (SSSR count). The third kappa shape index (κ3) is 2.98. The van der Waals surface area contributed by atoms with E-state index < -0.39 is 5.60 Å². The molecule has 1 atom stereocenters. The van der Waals surface area contributed by atoms with Crippen molar-refractivity contribution in [2.75, 3.05) is 0 Å². The summed E-state index contributed by atoms with van der Waals surface area (Å²) in [7, 11) is 0. The van der Waals surface area contributed by atoms with E-state index in [2.05, 4.69) is 13.8 Å². The van der Waals surface area contributed by atoms with Crippen molar-refractivity contribution < 1.29 is 5.11 Å². The van der Waals surface area contributed by atoms with E-state index in [0.717, 1.165) is 11.8 Å². The fraction of sp³-hybridized carbons (Fsp3) is 1.00. The molecule has 0 heterocycles. The van der Waals surface area contributed by atoms with Crippen molar-refractivity contribution in [1.82, 2.24) is 0 Å². The number of aliphatic hydroxyl groups is 1. The summed E-state index contributed by atoms with van der Waals surface area (Å²) in [6.07, 6.45) is 6.39. The van der Waals surface area contributed by atoms with Crippen molar-refractivity contribution in [3.63, 3.8) is 0 Å². The standard InChI is InChI=1S/C13H26O/c1-5-10(2)11-6-8-12(9-7-11)13(3,4)14/h10-12,14H,5-9H2,1-4H3/t10?,11-,12+. The van der Waals surface area contributed by atoms with Crippen LogP contribution in [-0.2, 0) is 0 Å². The maximum absolute atomic E-state index is 9.92. The van der Waals surface area contributed by atoms with E-state index >= 15 is 0 Å². The molecule has 0 amide bonds. The summed E-state index contributed by atoms with van der Waals surface area (Å²) in [5, 5.41) is 9.92. The van der Waals surface area contributed by atoms with Crippen molar-refractivity contribution in [1.29, 1.82) is 0 Å². The highest BCUT2D eigenvalue weighted by Gasteiger charge is 2.32. The van der Waals surface area contributed by atoms with Crippen molar-refractivity contribution in [3.05, 3.63) is 0 Å². The van der Waals surface area contributed by atoms with Gasteiger partial charge in [0.15, 0.2) is 0 Å². The topological polar surface area (TPSA) is 20.2 Å². The SMILES string of the molecule is CCC(C)[C@H]1CC[C@@H](C(C)(C)O)CC1. The fourth-order valence-electron chi connectivity index (χ4n) is 2.73. The molecule has 1 nitrogen and oxygen atoms in total. The second-order valence-corrected chi connectivity index (χ2v) is 5.65. The molecule has 0 saturated heterocycles. The van der Waals surface area contributed by atoms with Gasteiger partial charge in [-0.3, -0.25) is 0 Å². The molecule has 84 valence electrons. The molecule has 1 aliphatic carbocycles. The Bertz CT molecular complexity index is 161. The Morgan fingerprint density at radius 3 is 2.07 bits per heavy atom. The van der Waals surface area contributed by atoms with E-state index in [9.17, 15) is 5.11 Å². The Morgan fingerprint density at radius 1 is 1.21 bits per heavy atom. The molecule has 0 aliphatic heterocycles. The normalized spacial score (nSPS) is 31.5. The molecule has 0 radical (unpaired) electrons. The molecule has 1 heteroatoms. The molecule has 1 saturated carbocycles. The lowest BCUT2D eigenvalue weighted by Gasteiger charge is -2.37. The van der Waals surface area contributed by atoms with Gasteiger partial charge in [0, 0.05) is 0 Å². The van der Waals surface area contributed by atoms with Gasteiger partial charge in [-0.1, -0.05) is 20.3 Å². The molecule has 1 unspecified atom stereocenters. The lowest BCUT2D eigenvalue weighted by Crippen LogP contribution is -2.34. The van der Waals surface area contributed by atoms with Crippen LogP contribution in [0.1, 0.15) is 59.8 Å². The maximum atomic E-state index is 9.92. The van der Waals surface area contributed by atoms with Crippen LogP contribution in [0.3, 0.4) is 0 Å². The third-order valence-electron chi connectivity index (χ3n) is 4.22. The zero-order valence-corrected chi connectivity index (χ0v) is 10.2. The highest BCUT2D eigenvalue weighted by molar-refractivity contribution is 4.83. The van der Waals surface area contributed by atoms with Crippen LogP contribution in [0.5, 0.6) is 0 Å². The summed E-state index contributed by atoms with van der Waals surface area (Å²) in [5.74, 6) is 2.32. The van der Waals surface area contributed by atoms with Crippen LogP contribution in [0.2, 0.25) is 0 Å². The Morgan fingerprint density at radius 2 is 1.71 bits per heavy atom. The average Bonchev–Trinajstić information content (AvgIpc) is 2.15. The fourth-order valence-corrected chi connectivity index (χ4v) is 2.73. The van der Waals surface area contributed by atoms with Crippen LogP contribution in [-0.4, -0.2) is 10.7 Å². The van der Waals surface area contributed by atoms with Crippen LogP contribution >= 0.6 is 0 Å². The van der Waals surface area contributed by atoms with Gasteiger partial charge in [-0.15, -0.1) is 0 Å². The van der Waals surface area contributed by atoms with E-state index in [0.29, 0.717) is 5.92 Å². The Kier molecular flexibility index (Phi) is 4.00. The van der Waals surface area contributed by atoms with E-state index in [1.54, 1.807) is 0 Å². The van der Waals surface area contributed by atoms with Crippen LogP contribution in [0.25, 0.3) is 0 Å². The minimum Gasteiger partial charge on any atom is -0.390 e. The molecular weight excluding hydrogens is 172 g/mol. The predicted octanol–water partition coefficient (Wildman–Crippen LogP) is 3.61. The van der Waals surface area contributed by atoms with Gasteiger partial charge in [0.25, 0.3) is 0 Å². The van der Waals surface area contributed by atoms with E-state index in [-0.39, 0.29) is 0 Å². The largest absolute Gasteiger partial charge is 0.390 e. The van der Waals surface area contributed by atoms with Gasteiger partial charge in [0.05, 0.1) is 5.60 Å². The Hall–Kier alpha value is -0.0400. The van der Waals surface area contributed by atoms with E-state index in [4.69, 9.17) is 0 Å². The summed E-state index contributed by atoms with van der Waals surface area (Å²) in [6, 6.07) is 0. The first kappa shape index (κ1) is 12.0. The molecule has 1 aliphatic rings. The van der Waals surface area contributed by atoms with Crippen LogP contribution in [0.15, 0.2) is 0 Å². The first-order valence-corrected chi connectivity index (χ1v) is 6.17. The molecule has 0 aromatic heterocycles. The second-order valence-electron chi connectivity index (χ2n) is 5.65. The van der Waals surface area contributed by atoms with Gasteiger partial charge in [0.1, 0.15) is 0 Å². The first-order valence-electron chi connectivity index (χ1n) is 6.17. The lowest BCUT2D eigenvalue weighted by molar-refractivity contribution is -0.00975. The second kappa shape index (κ2) is 4.65. The van der Waals surface area contributed by atoms with Crippen LogP contribution < -0.4 is 0 Å².